The van der Waals surface area contributed by atoms with Crippen molar-refractivity contribution in [1.29, 1.82) is 0 Å². The lowest BCUT2D eigenvalue weighted by atomic mass is 10.2. The standard InChI is InChI=1S/C7H9NO2/c9-7(10)8-4-5-1-2-6(8)3-5/h1-2,5-6H,3-4H2,(H,9,10). The average molecular weight is 139 g/mol. The van der Waals surface area contributed by atoms with Crippen molar-refractivity contribution in [2.24, 2.45) is 5.92 Å². The lowest BCUT2D eigenvalue weighted by Gasteiger charge is -2.19. The molecule has 1 aliphatic heterocycles. The number of rotatable bonds is 0. The molecule has 1 N–H and O–H groups in total. The molecule has 2 bridgehead atoms. The Hall–Kier alpha value is -0.990. The van der Waals surface area contributed by atoms with Crippen molar-refractivity contribution in [1.82, 2.24) is 4.90 Å². The summed E-state index contributed by atoms with van der Waals surface area (Å²) in [7, 11) is 0. The van der Waals surface area contributed by atoms with Gasteiger partial charge in [0.05, 0.1) is 6.04 Å². The molecule has 1 aliphatic carbocycles. The number of hydrogen-bond donors (Lipinski definition) is 1. The molecule has 0 saturated carbocycles. The molecule has 1 fully saturated rings. The van der Waals surface area contributed by atoms with E-state index in [2.05, 4.69) is 6.08 Å². The van der Waals surface area contributed by atoms with Gasteiger partial charge in [-0.3, -0.25) is 0 Å². The van der Waals surface area contributed by atoms with E-state index < -0.39 is 6.09 Å². The molecule has 54 valence electrons. The first-order valence-corrected chi connectivity index (χ1v) is 3.45. The van der Waals surface area contributed by atoms with Gasteiger partial charge in [0.15, 0.2) is 0 Å². The van der Waals surface area contributed by atoms with E-state index in [9.17, 15) is 4.79 Å². The van der Waals surface area contributed by atoms with Crippen LogP contribution in [0.1, 0.15) is 6.42 Å². The fraction of sp³-hybridized carbons (Fsp3) is 0.571. The Morgan fingerprint density at radius 2 is 2.40 bits per heavy atom. The quantitative estimate of drug-likeness (QED) is 0.507. The highest BCUT2D eigenvalue weighted by Gasteiger charge is 2.36. The van der Waals surface area contributed by atoms with Crippen LogP contribution < -0.4 is 0 Å². The number of carboxylic acid groups (broad SMARTS) is 1. The maximum atomic E-state index is 10.5. The molecule has 1 heterocycles. The summed E-state index contributed by atoms with van der Waals surface area (Å²) in [5, 5.41) is 8.63. The smallest absolute Gasteiger partial charge is 0.407 e. The molecule has 0 aromatic rings. The van der Waals surface area contributed by atoms with E-state index in [0.29, 0.717) is 12.5 Å². The Balaban J connectivity index is 2.16. The molecule has 10 heavy (non-hydrogen) atoms. The first-order chi connectivity index (χ1) is 4.77. The fourth-order valence-corrected chi connectivity index (χ4v) is 1.73. The molecule has 0 aromatic heterocycles. The van der Waals surface area contributed by atoms with Gasteiger partial charge in [-0.2, -0.15) is 0 Å². The zero-order valence-electron chi connectivity index (χ0n) is 5.53. The normalized spacial score (nSPS) is 35.4. The lowest BCUT2D eigenvalue weighted by molar-refractivity contribution is 0.145. The van der Waals surface area contributed by atoms with Crippen molar-refractivity contribution in [3.05, 3.63) is 12.2 Å². The van der Waals surface area contributed by atoms with Gasteiger partial charge in [-0.1, -0.05) is 12.2 Å². The van der Waals surface area contributed by atoms with Gasteiger partial charge in [-0.25, -0.2) is 4.79 Å². The third kappa shape index (κ3) is 0.632. The maximum Gasteiger partial charge on any atom is 0.407 e. The largest absolute Gasteiger partial charge is 0.465 e. The van der Waals surface area contributed by atoms with Gasteiger partial charge in [-0.15, -0.1) is 0 Å². The first-order valence-electron chi connectivity index (χ1n) is 3.45. The van der Waals surface area contributed by atoms with Gasteiger partial charge in [0.25, 0.3) is 0 Å². The zero-order valence-corrected chi connectivity index (χ0v) is 5.53. The van der Waals surface area contributed by atoms with Crippen LogP contribution in [0.25, 0.3) is 0 Å². The molecule has 2 atom stereocenters. The van der Waals surface area contributed by atoms with Crippen LogP contribution in [0.15, 0.2) is 12.2 Å². The number of nitrogens with zero attached hydrogens (tertiary/aromatic N) is 1. The van der Waals surface area contributed by atoms with Crippen LogP contribution in [-0.4, -0.2) is 28.7 Å². The minimum absolute atomic E-state index is 0.183. The van der Waals surface area contributed by atoms with Crippen LogP contribution in [0, 0.1) is 5.92 Å². The molecule has 0 spiro atoms. The van der Waals surface area contributed by atoms with Crippen molar-refractivity contribution in [2.45, 2.75) is 12.5 Å². The number of fused-ring (bicyclic) bond motifs is 2. The van der Waals surface area contributed by atoms with Crippen molar-refractivity contribution in [3.63, 3.8) is 0 Å². The number of hydrogen-bond acceptors (Lipinski definition) is 1. The van der Waals surface area contributed by atoms with Crippen LogP contribution in [0.2, 0.25) is 0 Å². The maximum absolute atomic E-state index is 10.5. The van der Waals surface area contributed by atoms with Crippen molar-refractivity contribution in [2.75, 3.05) is 6.54 Å². The summed E-state index contributed by atoms with van der Waals surface area (Å²) in [6.45, 7) is 0.705. The van der Waals surface area contributed by atoms with Gasteiger partial charge in [0, 0.05) is 6.54 Å². The molecule has 3 heteroatoms. The van der Waals surface area contributed by atoms with E-state index in [0.717, 1.165) is 6.42 Å². The van der Waals surface area contributed by atoms with Crippen LogP contribution in [0.5, 0.6) is 0 Å². The summed E-state index contributed by atoms with van der Waals surface area (Å²) >= 11 is 0. The third-order valence-corrected chi connectivity index (χ3v) is 2.23. The predicted molar refractivity (Wildman–Crippen MR) is 35.8 cm³/mol. The summed E-state index contributed by atoms with van der Waals surface area (Å²) in [6.07, 6.45) is 4.33. The zero-order chi connectivity index (χ0) is 7.14. The van der Waals surface area contributed by atoms with Gasteiger partial charge < -0.3 is 10.0 Å². The van der Waals surface area contributed by atoms with Crippen molar-refractivity contribution >= 4 is 6.09 Å². The minimum atomic E-state index is -0.781. The molecule has 1 saturated heterocycles. The SMILES string of the molecule is O=C(O)N1CC2C=CC1C2. The lowest BCUT2D eigenvalue weighted by Crippen LogP contribution is -2.34. The summed E-state index contributed by atoms with van der Waals surface area (Å²) in [4.78, 5) is 12.0. The predicted octanol–water partition coefficient (Wildman–Crippen LogP) is 0.925. The Bertz CT molecular complexity index is 200. The number of amides is 1. The molecular formula is C7H9NO2. The summed E-state index contributed by atoms with van der Waals surface area (Å²) < 4.78 is 0. The van der Waals surface area contributed by atoms with Crippen LogP contribution in [-0.2, 0) is 0 Å². The highest BCUT2D eigenvalue weighted by molar-refractivity contribution is 5.66. The molecule has 2 aliphatic rings. The van der Waals surface area contributed by atoms with E-state index in [1.54, 1.807) is 0 Å². The van der Waals surface area contributed by atoms with Gasteiger partial charge in [-0.05, 0) is 12.3 Å². The topological polar surface area (TPSA) is 40.5 Å². The molecule has 1 amide bonds. The Morgan fingerprint density at radius 1 is 1.60 bits per heavy atom. The summed E-state index contributed by atoms with van der Waals surface area (Å²) in [6, 6.07) is 0.183. The number of carbonyl (C=O) groups is 1. The highest BCUT2D eigenvalue weighted by Crippen LogP contribution is 2.30. The molecule has 0 radical (unpaired) electrons. The Labute approximate surface area is 58.9 Å². The third-order valence-electron chi connectivity index (χ3n) is 2.23. The first kappa shape index (κ1) is 5.77. The van der Waals surface area contributed by atoms with Crippen LogP contribution in [0.3, 0.4) is 0 Å². The molecule has 3 nitrogen and oxygen atoms in total. The Morgan fingerprint density at radius 3 is 2.70 bits per heavy atom. The average Bonchev–Trinajstić information content (AvgIpc) is 2.44. The second kappa shape index (κ2) is 1.75. The highest BCUT2D eigenvalue weighted by atomic mass is 16.4. The van der Waals surface area contributed by atoms with E-state index in [-0.39, 0.29) is 6.04 Å². The van der Waals surface area contributed by atoms with E-state index >= 15 is 0 Å². The van der Waals surface area contributed by atoms with Gasteiger partial charge >= 0.3 is 6.09 Å². The number of likely N-dealkylation sites (tertiary alicyclic amines) is 1. The van der Waals surface area contributed by atoms with E-state index in [4.69, 9.17) is 5.11 Å². The van der Waals surface area contributed by atoms with E-state index in [1.165, 1.54) is 4.90 Å². The van der Waals surface area contributed by atoms with E-state index in [1.807, 2.05) is 6.08 Å². The second-order valence-corrected chi connectivity index (χ2v) is 2.88. The Kier molecular flexibility index (Phi) is 1.01. The van der Waals surface area contributed by atoms with Crippen molar-refractivity contribution < 1.29 is 9.90 Å². The second-order valence-electron chi connectivity index (χ2n) is 2.88. The van der Waals surface area contributed by atoms with Crippen molar-refractivity contribution in [3.8, 4) is 0 Å². The molecule has 0 aromatic carbocycles. The van der Waals surface area contributed by atoms with Crippen LogP contribution in [0.4, 0.5) is 4.79 Å². The molecular weight excluding hydrogens is 130 g/mol. The van der Waals surface area contributed by atoms with Gasteiger partial charge in [0.2, 0.25) is 0 Å². The molecule has 2 unspecified atom stereocenters. The monoisotopic (exact) mass is 139 g/mol. The summed E-state index contributed by atoms with van der Waals surface area (Å²) in [5.41, 5.74) is 0. The van der Waals surface area contributed by atoms with Crippen LogP contribution >= 0.6 is 0 Å². The minimum Gasteiger partial charge on any atom is -0.465 e. The molecule has 2 rings (SSSR count). The van der Waals surface area contributed by atoms with Gasteiger partial charge in [0.1, 0.15) is 0 Å². The fourth-order valence-electron chi connectivity index (χ4n) is 1.73. The summed E-state index contributed by atoms with van der Waals surface area (Å²) in [5.74, 6) is 0.501.